The van der Waals surface area contributed by atoms with Crippen LogP contribution in [0, 0.1) is 0 Å². The molecular weight excluding hydrogens is 561 g/mol. The molecule has 0 aliphatic heterocycles. The van der Waals surface area contributed by atoms with Gasteiger partial charge in [0, 0.05) is 30.0 Å². The molecule has 0 spiro atoms. The zero-order chi connectivity index (χ0) is 30.6. The van der Waals surface area contributed by atoms with Crippen LogP contribution in [0.1, 0.15) is 60.2 Å². The third-order valence-corrected chi connectivity index (χ3v) is 6.49. The Kier molecular flexibility index (Phi) is 12.9. The Balaban J connectivity index is 1.92. The summed E-state index contributed by atoms with van der Waals surface area (Å²) in [5, 5.41) is 7.78. The van der Waals surface area contributed by atoms with Crippen LogP contribution in [0.5, 0.6) is 0 Å². The number of benzene rings is 2. The molecule has 3 unspecified atom stereocenters. The van der Waals surface area contributed by atoms with E-state index in [0.717, 1.165) is 24.1 Å². The quantitative estimate of drug-likeness (QED) is 0.146. The SMILES string of the molecule is CCc1ccc(C(=O)NCCCCC(NC(=O)C(Cc2ccc(C(F)(F)O[P+](=O)O)cc2)NC(C)=O)C(N)=O)cc1. The largest absolute Gasteiger partial charge is 0.701 e. The van der Waals surface area contributed by atoms with E-state index in [2.05, 4.69) is 20.5 Å². The predicted octanol–water partition coefficient (Wildman–Crippen LogP) is 2.58. The summed E-state index contributed by atoms with van der Waals surface area (Å²) >= 11 is 0. The molecule has 6 N–H and O–H groups in total. The first-order valence-corrected chi connectivity index (χ1v) is 14.0. The van der Waals surface area contributed by atoms with Gasteiger partial charge < -0.3 is 21.7 Å². The van der Waals surface area contributed by atoms with E-state index in [1.165, 1.54) is 19.1 Å². The number of carbonyl (C=O) groups is 4. The van der Waals surface area contributed by atoms with E-state index in [4.69, 9.17) is 10.6 Å². The zero-order valence-corrected chi connectivity index (χ0v) is 23.6. The molecule has 11 nitrogen and oxygen atoms in total. The summed E-state index contributed by atoms with van der Waals surface area (Å²) in [7, 11) is -3.54. The van der Waals surface area contributed by atoms with Gasteiger partial charge in [-0.25, -0.2) is 0 Å². The average molecular weight is 596 g/mol. The number of rotatable bonds is 16. The first-order valence-electron chi connectivity index (χ1n) is 12.9. The van der Waals surface area contributed by atoms with E-state index in [1.54, 1.807) is 12.1 Å². The maximum atomic E-state index is 13.9. The van der Waals surface area contributed by atoms with Gasteiger partial charge in [0.25, 0.3) is 5.91 Å². The van der Waals surface area contributed by atoms with Gasteiger partial charge in [0.1, 0.15) is 12.1 Å². The summed E-state index contributed by atoms with van der Waals surface area (Å²) in [6.07, 6.45) is -2.10. The van der Waals surface area contributed by atoms with Crippen LogP contribution in [0.2, 0.25) is 0 Å². The monoisotopic (exact) mass is 595 g/mol. The van der Waals surface area contributed by atoms with E-state index in [0.29, 0.717) is 30.5 Å². The molecule has 2 rings (SSSR count). The Labute approximate surface area is 237 Å². The average Bonchev–Trinajstić information content (AvgIpc) is 2.91. The Morgan fingerprint density at radius 2 is 1.59 bits per heavy atom. The second-order valence-corrected chi connectivity index (χ2v) is 9.92. The molecule has 0 saturated carbocycles. The van der Waals surface area contributed by atoms with Crippen molar-refractivity contribution >= 4 is 31.9 Å². The third kappa shape index (κ3) is 11.3. The number of hydrogen-bond acceptors (Lipinski definition) is 6. The van der Waals surface area contributed by atoms with E-state index in [9.17, 15) is 32.5 Å². The third-order valence-electron chi connectivity index (χ3n) is 6.11. The van der Waals surface area contributed by atoms with Crippen LogP contribution in [-0.2, 0) is 42.4 Å². The summed E-state index contributed by atoms with van der Waals surface area (Å²) in [6, 6.07) is 9.48. The first-order chi connectivity index (χ1) is 19.3. The molecular formula is C27H34F2N4O7P+. The standard InChI is InChI=1S/C27H33F2N4O7P/c1-3-18-7-11-20(12-8-18)25(36)31-15-5-4-6-22(24(30)35)33-26(37)23(32-17(2)34)16-19-9-13-21(14-10-19)27(28,29)40-41(38)39/h7-14,22-23H,3-6,15-16H2,1-2H3,(H5-,30,31,32,33,34,35,36,37,38,39)/p+1. The first kappa shape index (κ1) is 33.4. The summed E-state index contributed by atoms with van der Waals surface area (Å²) in [6.45, 7) is 3.55. The lowest BCUT2D eigenvalue weighted by atomic mass is 10.0. The van der Waals surface area contributed by atoms with Crippen LogP contribution in [0.25, 0.3) is 0 Å². The van der Waals surface area contributed by atoms with E-state index in [-0.39, 0.29) is 18.7 Å². The van der Waals surface area contributed by atoms with E-state index in [1.807, 2.05) is 19.1 Å². The second kappa shape index (κ2) is 15.8. The number of halogens is 2. The fourth-order valence-electron chi connectivity index (χ4n) is 3.90. The van der Waals surface area contributed by atoms with Crippen LogP contribution >= 0.6 is 8.25 Å². The van der Waals surface area contributed by atoms with Gasteiger partial charge in [0.05, 0.1) is 5.56 Å². The molecule has 222 valence electrons. The van der Waals surface area contributed by atoms with Crippen molar-refractivity contribution in [3.63, 3.8) is 0 Å². The maximum Gasteiger partial charge on any atom is 0.701 e. The predicted molar refractivity (Wildman–Crippen MR) is 146 cm³/mol. The number of amides is 4. The minimum Gasteiger partial charge on any atom is -0.368 e. The van der Waals surface area contributed by atoms with Gasteiger partial charge in [-0.1, -0.05) is 31.2 Å². The van der Waals surface area contributed by atoms with Gasteiger partial charge in [0.15, 0.2) is 0 Å². The maximum absolute atomic E-state index is 13.9. The fraction of sp³-hybridized carbons (Fsp3) is 0.407. The van der Waals surface area contributed by atoms with Crippen LogP contribution < -0.4 is 21.7 Å². The Bertz CT molecular complexity index is 1230. The number of carbonyl (C=O) groups excluding carboxylic acids is 4. The zero-order valence-electron chi connectivity index (χ0n) is 22.7. The van der Waals surface area contributed by atoms with E-state index >= 15 is 0 Å². The molecule has 0 aromatic heterocycles. The smallest absolute Gasteiger partial charge is 0.368 e. The molecule has 0 fully saturated rings. The van der Waals surface area contributed by atoms with Gasteiger partial charge in [-0.3, -0.25) is 19.2 Å². The molecule has 4 amide bonds. The van der Waals surface area contributed by atoms with E-state index < -0.39 is 49.7 Å². The minimum atomic E-state index is -4.01. The Morgan fingerprint density at radius 3 is 2.12 bits per heavy atom. The highest BCUT2D eigenvalue weighted by Crippen LogP contribution is 2.37. The van der Waals surface area contributed by atoms with Gasteiger partial charge in [-0.2, -0.15) is 8.78 Å². The number of hydrogen-bond donors (Lipinski definition) is 5. The highest BCUT2D eigenvalue weighted by molar-refractivity contribution is 7.32. The van der Waals surface area contributed by atoms with Gasteiger partial charge in [0.2, 0.25) is 17.7 Å². The number of primary amides is 1. The Hall–Kier alpha value is -3.80. The van der Waals surface area contributed by atoms with Crippen LogP contribution in [-0.4, -0.2) is 47.2 Å². The van der Waals surface area contributed by atoms with Gasteiger partial charge >= 0.3 is 14.4 Å². The summed E-state index contributed by atoms with van der Waals surface area (Å²) in [5.74, 6) is -2.25. The number of aryl methyl sites for hydroxylation is 1. The van der Waals surface area contributed by atoms with Crippen molar-refractivity contribution in [1.29, 1.82) is 0 Å². The molecule has 0 aliphatic carbocycles. The summed E-state index contributed by atoms with van der Waals surface area (Å²) in [4.78, 5) is 57.5. The molecule has 0 aliphatic rings. The molecule has 0 bridgehead atoms. The fourth-order valence-corrected chi connectivity index (χ4v) is 4.20. The molecule has 14 heteroatoms. The molecule has 2 aromatic rings. The van der Waals surface area contributed by atoms with Crippen molar-refractivity contribution in [2.75, 3.05) is 6.54 Å². The van der Waals surface area contributed by atoms with Crippen molar-refractivity contribution < 1.29 is 41.9 Å². The Morgan fingerprint density at radius 1 is 0.976 bits per heavy atom. The van der Waals surface area contributed by atoms with Crippen LogP contribution in [0.4, 0.5) is 8.78 Å². The lowest BCUT2D eigenvalue weighted by Gasteiger charge is -2.22. The summed E-state index contributed by atoms with van der Waals surface area (Å²) < 4.78 is 42.1. The summed E-state index contributed by atoms with van der Waals surface area (Å²) in [5.41, 5.74) is 6.81. The van der Waals surface area contributed by atoms with Crippen molar-refractivity contribution in [3.05, 3.63) is 70.8 Å². The molecule has 0 saturated heterocycles. The van der Waals surface area contributed by atoms with Crippen molar-refractivity contribution in [2.45, 2.75) is 64.1 Å². The highest BCUT2D eigenvalue weighted by atomic mass is 31.1. The van der Waals surface area contributed by atoms with Crippen LogP contribution in [0.3, 0.4) is 0 Å². The van der Waals surface area contributed by atoms with Crippen molar-refractivity contribution in [3.8, 4) is 0 Å². The minimum absolute atomic E-state index is 0.108. The number of unbranched alkanes of at least 4 members (excludes halogenated alkanes) is 1. The molecule has 41 heavy (non-hydrogen) atoms. The van der Waals surface area contributed by atoms with Crippen molar-refractivity contribution in [1.82, 2.24) is 16.0 Å². The number of nitrogens with two attached hydrogens (primary N) is 1. The highest BCUT2D eigenvalue weighted by Gasteiger charge is 2.43. The van der Waals surface area contributed by atoms with Crippen LogP contribution in [0.15, 0.2) is 48.5 Å². The second-order valence-electron chi connectivity index (χ2n) is 9.27. The topological polar surface area (TPSA) is 177 Å². The van der Waals surface area contributed by atoms with Gasteiger partial charge in [-0.15, -0.1) is 4.89 Å². The molecule has 0 radical (unpaired) electrons. The number of alkyl halides is 2. The normalized spacial score (nSPS) is 13.0. The van der Waals surface area contributed by atoms with Crippen molar-refractivity contribution in [2.24, 2.45) is 5.73 Å². The molecule has 0 heterocycles. The lowest BCUT2D eigenvalue weighted by molar-refractivity contribution is -0.185. The number of nitrogens with one attached hydrogen (secondary N) is 3. The molecule has 2 aromatic carbocycles. The molecule has 3 atom stereocenters. The lowest BCUT2D eigenvalue weighted by Crippen LogP contribution is -2.53. The van der Waals surface area contributed by atoms with Gasteiger partial charge in [-0.05, 0) is 65.6 Å².